The Morgan fingerprint density at radius 3 is 2.05 bits per heavy atom. The lowest BCUT2D eigenvalue weighted by Gasteiger charge is -2.18. The van der Waals surface area contributed by atoms with E-state index in [4.69, 9.17) is 4.74 Å². The van der Waals surface area contributed by atoms with Crippen molar-refractivity contribution in [2.75, 3.05) is 18.6 Å². The van der Waals surface area contributed by atoms with Crippen molar-refractivity contribution in [2.24, 2.45) is 0 Å². The number of rotatable bonds is 11. The van der Waals surface area contributed by atoms with Crippen LogP contribution in [0, 0.1) is 11.6 Å². The summed E-state index contributed by atoms with van der Waals surface area (Å²) >= 11 is 1.27. The zero-order valence-corrected chi connectivity index (χ0v) is 23.5. The number of benzene rings is 2. The smallest absolute Gasteiger partial charge is 0.329 e. The molecule has 2 aromatic rings. The maximum Gasteiger partial charge on any atom is 0.329 e. The first-order chi connectivity index (χ1) is 18.8. The van der Waals surface area contributed by atoms with Crippen LogP contribution in [0.5, 0.6) is 5.75 Å². The Labute approximate surface area is 236 Å². The second kappa shape index (κ2) is 15.1. The average Bonchev–Trinajstić information content (AvgIpc) is 2.87. The monoisotopic (exact) mass is 596 g/mol. The highest BCUT2D eigenvalue weighted by molar-refractivity contribution is 8.15. The number of hydrogen-bond donors (Lipinski definition) is 2. The summed E-state index contributed by atoms with van der Waals surface area (Å²) in [5.74, 6) is -4.79. The van der Waals surface area contributed by atoms with Gasteiger partial charge < -0.3 is 20.1 Å². The molecule has 0 bridgehead atoms. The van der Waals surface area contributed by atoms with Gasteiger partial charge in [0.15, 0.2) is 0 Å². The molecule has 0 aliphatic rings. The normalized spacial score (nSPS) is 12.1. The maximum atomic E-state index is 14.4. The Kier molecular flexibility index (Phi) is 12.3. The number of esters is 2. The summed E-state index contributed by atoms with van der Waals surface area (Å²) < 4.78 is 37.5. The molecule has 2 amide bonds. The lowest BCUT2D eigenvalue weighted by molar-refractivity contribution is -0.144. The lowest BCUT2D eigenvalue weighted by Crippen LogP contribution is -2.44. The Morgan fingerprint density at radius 1 is 0.850 bits per heavy atom. The summed E-state index contributed by atoms with van der Waals surface area (Å²) in [6.45, 7) is 3.49. The van der Waals surface area contributed by atoms with Crippen molar-refractivity contribution >= 4 is 57.5 Å². The van der Waals surface area contributed by atoms with E-state index in [9.17, 15) is 37.5 Å². The predicted octanol–water partition coefficient (Wildman–Crippen LogP) is 2.87. The van der Waals surface area contributed by atoms with Crippen LogP contribution in [0.2, 0.25) is 0 Å². The SMILES string of the molecule is COC(=O)[C@@H](CSC(=O)[C@@H](CSC(=O)c1cc(-c2ccc(F)cc2F)ccc1OC(C)=O)NC(C)=O)NC(C)=O. The first-order valence-corrected chi connectivity index (χ1v) is 13.5. The molecule has 0 radical (unpaired) electrons. The van der Waals surface area contributed by atoms with Crippen LogP contribution in [0.15, 0.2) is 36.4 Å². The average molecular weight is 597 g/mol. The van der Waals surface area contributed by atoms with Crippen LogP contribution in [-0.2, 0) is 28.7 Å². The van der Waals surface area contributed by atoms with E-state index in [0.29, 0.717) is 29.6 Å². The van der Waals surface area contributed by atoms with Gasteiger partial charge in [-0.15, -0.1) is 0 Å². The largest absolute Gasteiger partial charge is 0.467 e. The molecule has 0 spiro atoms. The van der Waals surface area contributed by atoms with Crippen LogP contribution < -0.4 is 15.4 Å². The Hall–Kier alpha value is -3.78. The van der Waals surface area contributed by atoms with Gasteiger partial charge in [-0.3, -0.25) is 24.0 Å². The minimum atomic E-state index is -1.18. The highest BCUT2D eigenvalue weighted by Gasteiger charge is 2.27. The minimum absolute atomic E-state index is 0.00291. The molecular formula is C26H26F2N2O8S2. The van der Waals surface area contributed by atoms with Gasteiger partial charge in [0, 0.05) is 43.9 Å². The molecule has 0 aromatic heterocycles. The topological polar surface area (TPSA) is 145 Å². The van der Waals surface area contributed by atoms with Crippen molar-refractivity contribution in [3.05, 3.63) is 53.6 Å². The number of amides is 2. The first kappa shape index (κ1) is 32.4. The second-order valence-corrected chi connectivity index (χ2v) is 10.2. The van der Waals surface area contributed by atoms with Crippen molar-refractivity contribution < 1.29 is 47.0 Å². The van der Waals surface area contributed by atoms with E-state index in [1.165, 1.54) is 38.1 Å². The Bertz CT molecular complexity index is 1320. The third-order valence-corrected chi connectivity index (χ3v) is 7.04. The number of ether oxygens (including phenoxy) is 2. The molecule has 2 aromatic carbocycles. The lowest BCUT2D eigenvalue weighted by atomic mass is 10.0. The maximum absolute atomic E-state index is 14.4. The van der Waals surface area contributed by atoms with Crippen molar-refractivity contribution in [3.63, 3.8) is 0 Å². The summed E-state index contributed by atoms with van der Waals surface area (Å²) in [5.41, 5.74) is 0.0746. The van der Waals surface area contributed by atoms with Crippen molar-refractivity contribution in [1.29, 1.82) is 0 Å². The van der Waals surface area contributed by atoms with Crippen LogP contribution in [0.25, 0.3) is 11.1 Å². The van der Waals surface area contributed by atoms with Crippen LogP contribution in [-0.4, -0.2) is 64.7 Å². The van der Waals surface area contributed by atoms with Crippen LogP contribution in [0.1, 0.15) is 31.1 Å². The summed E-state index contributed by atoms with van der Waals surface area (Å²) in [6.07, 6.45) is 0. The summed E-state index contributed by atoms with van der Waals surface area (Å²) in [4.78, 5) is 72.6. The molecule has 2 rings (SSSR count). The standard InChI is InChI=1S/C26H26F2N2O8S2/c1-13(31)29-21(24(34)37-4)11-40-26(36)22(30-14(2)32)12-39-25(35)19-9-16(5-8-23(19)38-15(3)33)18-7-6-17(27)10-20(18)28/h5-10,21-22H,11-12H2,1-4H3,(H,29,31)(H,30,32)/t21-,22-/m1/s1. The summed E-state index contributed by atoms with van der Waals surface area (Å²) in [5, 5.41) is 3.53. The van der Waals surface area contributed by atoms with E-state index in [2.05, 4.69) is 15.4 Å². The van der Waals surface area contributed by atoms with E-state index < -0.39 is 57.7 Å². The molecule has 0 fully saturated rings. The molecule has 40 heavy (non-hydrogen) atoms. The van der Waals surface area contributed by atoms with Gasteiger partial charge in [0.2, 0.25) is 22.0 Å². The number of nitrogens with one attached hydrogen (secondary N) is 2. The molecular weight excluding hydrogens is 570 g/mol. The number of carbonyl (C=O) groups is 6. The van der Waals surface area contributed by atoms with Gasteiger partial charge in [0.05, 0.1) is 12.7 Å². The van der Waals surface area contributed by atoms with Crippen LogP contribution in [0.3, 0.4) is 0 Å². The van der Waals surface area contributed by atoms with Gasteiger partial charge >= 0.3 is 11.9 Å². The molecule has 0 aliphatic carbocycles. The number of thioether (sulfide) groups is 2. The van der Waals surface area contributed by atoms with Crippen molar-refractivity contribution in [3.8, 4) is 16.9 Å². The molecule has 14 heteroatoms. The second-order valence-electron chi connectivity index (χ2n) is 8.19. The zero-order chi connectivity index (χ0) is 30.0. The van der Waals surface area contributed by atoms with Crippen LogP contribution in [0.4, 0.5) is 8.78 Å². The number of methoxy groups -OCH3 is 1. The number of carbonyl (C=O) groups excluding carboxylic acids is 6. The molecule has 0 saturated carbocycles. The molecule has 0 unspecified atom stereocenters. The third-order valence-electron chi connectivity index (χ3n) is 4.99. The van der Waals surface area contributed by atoms with E-state index in [1.54, 1.807) is 0 Å². The van der Waals surface area contributed by atoms with Gasteiger partial charge in [-0.05, 0) is 29.8 Å². The fraction of sp³-hybridized carbons (Fsp3) is 0.308. The predicted molar refractivity (Wildman–Crippen MR) is 145 cm³/mol. The summed E-state index contributed by atoms with van der Waals surface area (Å²) in [7, 11) is 1.12. The molecule has 2 atom stereocenters. The first-order valence-electron chi connectivity index (χ1n) is 11.6. The molecule has 214 valence electrons. The minimum Gasteiger partial charge on any atom is -0.467 e. The fourth-order valence-electron chi connectivity index (χ4n) is 3.30. The molecule has 10 nitrogen and oxygen atoms in total. The van der Waals surface area contributed by atoms with Gasteiger partial charge in [-0.2, -0.15) is 0 Å². The quantitative estimate of drug-likeness (QED) is 0.293. The molecule has 2 N–H and O–H groups in total. The highest BCUT2D eigenvalue weighted by Crippen LogP contribution is 2.32. The van der Waals surface area contributed by atoms with Gasteiger partial charge in [-0.25, -0.2) is 13.6 Å². The molecule has 0 aliphatic heterocycles. The Balaban J connectivity index is 2.26. The van der Waals surface area contributed by atoms with E-state index in [-0.39, 0.29) is 33.9 Å². The third kappa shape index (κ3) is 9.75. The van der Waals surface area contributed by atoms with Crippen LogP contribution >= 0.6 is 23.5 Å². The number of halogens is 2. The van der Waals surface area contributed by atoms with E-state index in [0.717, 1.165) is 20.1 Å². The van der Waals surface area contributed by atoms with Crippen molar-refractivity contribution in [2.45, 2.75) is 32.9 Å². The fourth-order valence-corrected chi connectivity index (χ4v) is 5.16. The highest BCUT2D eigenvalue weighted by atomic mass is 32.2. The molecule has 0 heterocycles. The summed E-state index contributed by atoms with van der Waals surface area (Å²) in [6, 6.07) is 4.57. The molecule has 0 saturated heterocycles. The zero-order valence-electron chi connectivity index (χ0n) is 21.9. The van der Waals surface area contributed by atoms with Gasteiger partial charge in [0.1, 0.15) is 29.5 Å². The van der Waals surface area contributed by atoms with E-state index in [1.807, 2.05) is 0 Å². The number of hydrogen-bond acceptors (Lipinski definition) is 10. The Morgan fingerprint density at radius 2 is 1.48 bits per heavy atom. The van der Waals surface area contributed by atoms with E-state index >= 15 is 0 Å². The van der Waals surface area contributed by atoms with Gasteiger partial charge in [-0.1, -0.05) is 29.6 Å². The van der Waals surface area contributed by atoms with Crippen molar-refractivity contribution in [1.82, 2.24) is 10.6 Å². The van der Waals surface area contributed by atoms with Gasteiger partial charge in [0.25, 0.3) is 0 Å².